The second-order valence-electron chi connectivity index (χ2n) is 12.4. The molecular weight excluding hydrogens is 602 g/mol. The highest BCUT2D eigenvalue weighted by Gasteiger charge is 2.40. The number of alkyl halides is 2. The number of hydrogen-bond donors (Lipinski definition) is 1. The molecular formula is C32H34F2N6O4S. The van der Waals surface area contributed by atoms with Crippen molar-refractivity contribution in [3.05, 3.63) is 76.5 Å². The number of fused-ring (bicyclic) bond motifs is 4. The lowest BCUT2D eigenvalue weighted by Crippen LogP contribution is -2.39. The summed E-state index contributed by atoms with van der Waals surface area (Å²) in [6.45, 7) is 3.54. The Kier molecular flexibility index (Phi) is 7.55. The van der Waals surface area contributed by atoms with E-state index in [0.29, 0.717) is 34.9 Å². The van der Waals surface area contributed by atoms with Crippen LogP contribution in [0.25, 0.3) is 11.0 Å². The van der Waals surface area contributed by atoms with Gasteiger partial charge in [-0.3, -0.25) is 4.79 Å². The van der Waals surface area contributed by atoms with Crippen LogP contribution in [0, 0.1) is 12.8 Å². The van der Waals surface area contributed by atoms with E-state index < -0.39 is 34.8 Å². The average molecular weight is 637 g/mol. The number of aryl methyl sites for hydroxylation is 1. The lowest BCUT2D eigenvalue weighted by atomic mass is 9.84. The zero-order valence-corrected chi connectivity index (χ0v) is 25.6. The monoisotopic (exact) mass is 636 g/mol. The van der Waals surface area contributed by atoms with Gasteiger partial charge in [0.15, 0.2) is 0 Å². The van der Waals surface area contributed by atoms with Gasteiger partial charge in [-0.05, 0) is 79.0 Å². The minimum atomic E-state index is -3.91. The summed E-state index contributed by atoms with van der Waals surface area (Å²) in [5.41, 5.74) is 2.45. The van der Waals surface area contributed by atoms with Crippen LogP contribution in [0.3, 0.4) is 0 Å². The Morgan fingerprint density at radius 3 is 2.71 bits per heavy atom. The number of halogens is 2. The van der Waals surface area contributed by atoms with E-state index in [1.54, 1.807) is 53.3 Å². The number of rotatable bonds is 9. The van der Waals surface area contributed by atoms with Crippen molar-refractivity contribution >= 4 is 32.8 Å². The summed E-state index contributed by atoms with van der Waals surface area (Å²) in [7, 11) is -3.91. The number of carboxylic acid groups (broad SMARTS) is 1. The quantitative estimate of drug-likeness (QED) is 0.264. The molecule has 2 aliphatic heterocycles. The van der Waals surface area contributed by atoms with E-state index in [2.05, 4.69) is 20.2 Å². The van der Waals surface area contributed by atoms with Crippen molar-refractivity contribution < 1.29 is 27.1 Å². The van der Waals surface area contributed by atoms with Gasteiger partial charge in [0.2, 0.25) is 10.0 Å². The summed E-state index contributed by atoms with van der Waals surface area (Å²) in [6, 6.07) is 11.8. The summed E-state index contributed by atoms with van der Waals surface area (Å²) < 4.78 is 60.5. The highest BCUT2D eigenvalue weighted by Crippen LogP contribution is 2.41. The summed E-state index contributed by atoms with van der Waals surface area (Å²) in [5, 5.41) is 18.2. The normalized spacial score (nSPS) is 20.3. The molecule has 1 saturated carbocycles. The third-order valence-electron chi connectivity index (χ3n) is 9.42. The molecule has 1 aliphatic carbocycles. The molecule has 236 valence electrons. The van der Waals surface area contributed by atoms with Crippen molar-refractivity contribution in [3.8, 4) is 0 Å². The number of pyridine rings is 1. The van der Waals surface area contributed by atoms with Crippen molar-refractivity contribution in [2.75, 3.05) is 18.0 Å². The molecule has 13 heteroatoms. The first kappa shape index (κ1) is 29.7. The van der Waals surface area contributed by atoms with Crippen LogP contribution >= 0.6 is 0 Å². The third kappa shape index (κ3) is 5.45. The van der Waals surface area contributed by atoms with Crippen LogP contribution in [-0.4, -0.2) is 62.9 Å². The van der Waals surface area contributed by atoms with Gasteiger partial charge in [0, 0.05) is 44.3 Å². The van der Waals surface area contributed by atoms with E-state index in [9.17, 15) is 27.1 Å². The minimum Gasteiger partial charge on any atom is -0.481 e. The molecule has 1 saturated heterocycles. The summed E-state index contributed by atoms with van der Waals surface area (Å²) in [4.78, 5) is 18.8. The van der Waals surface area contributed by atoms with Crippen molar-refractivity contribution in [2.24, 2.45) is 5.92 Å². The van der Waals surface area contributed by atoms with Crippen molar-refractivity contribution in [2.45, 2.75) is 75.4 Å². The first-order chi connectivity index (χ1) is 21.6. The van der Waals surface area contributed by atoms with E-state index in [-0.39, 0.29) is 40.7 Å². The van der Waals surface area contributed by atoms with Gasteiger partial charge in [0.25, 0.3) is 6.43 Å². The summed E-state index contributed by atoms with van der Waals surface area (Å²) in [6.07, 6.45) is 2.19. The third-order valence-corrected chi connectivity index (χ3v) is 11.2. The molecule has 0 unspecified atom stereocenters. The Bertz CT molecular complexity index is 1890. The fourth-order valence-corrected chi connectivity index (χ4v) is 8.47. The highest BCUT2D eigenvalue weighted by molar-refractivity contribution is 7.89. The Balaban J connectivity index is 1.28. The summed E-state index contributed by atoms with van der Waals surface area (Å²) >= 11 is 0. The van der Waals surface area contributed by atoms with E-state index in [1.165, 1.54) is 4.31 Å². The predicted molar refractivity (Wildman–Crippen MR) is 163 cm³/mol. The van der Waals surface area contributed by atoms with Gasteiger partial charge in [0.1, 0.15) is 16.2 Å². The van der Waals surface area contributed by atoms with E-state index >= 15 is 0 Å². The SMILES string of the molecule is Cc1ccc([C@H](CC(=O)O)c2ccc3c(nnn3CC3CC3)c2C(F)F)cc1CN1C[C@@H]2CCCN2c2ncccc2S1(=O)=O. The molecule has 1 N–H and O–H groups in total. The van der Waals surface area contributed by atoms with Crippen LogP contribution in [0.5, 0.6) is 0 Å². The maximum atomic E-state index is 14.8. The van der Waals surface area contributed by atoms with Crippen LogP contribution < -0.4 is 4.90 Å². The molecule has 4 aromatic rings. The Hall–Kier alpha value is -3.97. The van der Waals surface area contributed by atoms with Gasteiger partial charge in [-0.25, -0.2) is 26.9 Å². The van der Waals surface area contributed by atoms with Gasteiger partial charge in [-0.2, -0.15) is 4.31 Å². The second-order valence-corrected chi connectivity index (χ2v) is 14.3. The molecule has 0 amide bonds. The van der Waals surface area contributed by atoms with Gasteiger partial charge < -0.3 is 10.0 Å². The number of aromatic nitrogens is 4. The molecule has 2 aromatic carbocycles. The van der Waals surface area contributed by atoms with Crippen molar-refractivity contribution in [1.82, 2.24) is 24.3 Å². The average Bonchev–Trinajstić information content (AvgIpc) is 3.58. The number of aliphatic carboxylic acids is 1. The maximum absolute atomic E-state index is 14.8. The predicted octanol–water partition coefficient (Wildman–Crippen LogP) is 5.26. The molecule has 3 aliphatic rings. The number of nitrogens with zero attached hydrogens (tertiary/aromatic N) is 6. The molecule has 10 nitrogen and oxygen atoms in total. The molecule has 45 heavy (non-hydrogen) atoms. The highest BCUT2D eigenvalue weighted by atomic mass is 32.2. The summed E-state index contributed by atoms with van der Waals surface area (Å²) in [5.74, 6) is -1.12. The first-order valence-electron chi connectivity index (χ1n) is 15.3. The van der Waals surface area contributed by atoms with Crippen LogP contribution in [0.2, 0.25) is 0 Å². The number of benzene rings is 2. The minimum absolute atomic E-state index is 0.0205. The van der Waals surface area contributed by atoms with Gasteiger partial charge in [-0.15, -0.1) is 5.10 Å². The molecule has 4 heterocycles. The Labute approximate surface area is 259 Å². The number of hydrogen-bond acceptors (Lipinski definition) is 7. The lowest BCUT2D eigenvalue weighted by molar-refractivity contribution is -0.137. The van der Waals surface area contributed by atoms with Crippen molar-refractivity contribution in [3.63, 3.8) is 0 Å². The van der Waals surface area contributed by atoms with E-state index in [0.717, 1.165) is 37.8 Å². The fourth-order valence-electron chi connectivity index (χ4n) is 6.86. The molecule has 0 radical (unpaired) electrons. The standard InChI is InChI=1S/C32H34F2N6O4S/c1-19-6-9-21(14-22(19)17-38-18-23-4-3-13-39(23)32-27(45(38,43)44)5-2-12-35-32)25(15-28(41)42)24-10-11-26-30(29(24)31(33)34)36-37-40(26)16-20-7-8-20/h2,5-6,9-12,14,20,23,25,31H,3-4,7-8,13,15-18H2,1H3,(H,41,42)/t23-,25-/m0/s1. The molecule has 2 atom stereocenters. The fraction of sp³-hybridized carbons (Fsp3) is 0.438. The smallest absolute Gasteiger partial charge is 0.304 e. The number of carbonyl (C=O) groups is 1. The van der Waals surface area contributed by atoms with Gasteiger partial charge >= 0.3 is 5.97 Å². The number of carboxylic acids is 1. The van der Waals surface area contributed by atoms with Crippen LogP contribution in [-0.2, 0) is 27.9 Å². The molecule has 0 bridgehead atoms. The zero-order valence-electron chi connectivity index (χ0n) is 24.8. The van der Waals surface area contributed by atoms with Crippen LogP contribution in [0.4, 0.5) is 14.6 Å². The first-order valence-corrected chi connectivity index (χ1v) is 16.7. The number of anilines is 1. The maximum Gasteiger partial charge on any atom is 0.304 e. The number of sulfonamides is 1. The zero-order chi connectivity index (χ0) is 31.5. The van der Waals surface area contributed by atoms with E-state index in [1.807, 2.05) is 6.92 Å². The van der Waals surface area contributed by atoms with Crippen LogP contribution in [0.1, 0.15) is 72.3 Å². The van der Waals surface area contributed by atoms with Gasteiger partial charge in [-0.1, -0.05) is 29.5 Å². The molecule has 2 fully saturated rings. The Morgan fingerprint density at radius 1 is 1.13 bits per heavy atom. The molecule has 7 rings (SSSR count). The van der Waals surface area contributed by atoms with Gasteiger partial charge in [0.05, 0.1) is 17.5 Å². The van der Waals surface area contributed by atoms with Crippen LogP contribution in [0.15, 0.2) is 53.6 Å². The van der Waals surface area contributed by atoms with Crippen molar-refractivity contribution in [1.29, 1.82) is 0 Å². The second kappa shape index (κ2) is 11.4. The molecule has 0 spiro atoms. The molecule has 2 aromatic heterocycles. The Morgan fingerprint density at radius 2 is 1.96 bits per heavy atom. The topological polar surface area (TPSA) is 122 Å². The van der Waals surface area contributed by atoms with E-state index in [4.69, 9.17) is 0 Å². The lowest BCUT2D eigenvalue weighted by Gasteiger charge is -2.26. The largest absolute Gasteiger partial charge is 0.481 e.